The summed E-state index contributed by atoms with van der Waals surface area (Å²) in [7, 11) is 0. The molecule has 0 saturated carbocycles. The van der Waals surface area contributed by atoms with E-state index in [1.165, 1.54) is 47.4 Å². The summed E-state index contributed by atoms with van der Waals surface area (Å²) in [5, 5.41) is 15.7. The van der Waals surface area contributed by atoms with Gasteiger partial charge < -0.3 is 5.32 Å². The van der Waals surface area contributed by atoms with Gasteiger partial charge in [-0.3, -0.25) is 9.59 Å². The molecule has 1 amide bonds. The second-order valence-electron chi connectivity index (χ2n) is 5.26. The topological polar surface area (TPSA) is 101 Å². The van der Waals surface area contributed by atoms with Crippen molar-refractivity contribution >= 4 is 17.5 Å². The van der Waals surface area contributed by atoms with E-state index in [0.717, 1.165) is 0 Å². The number of carbonyl (C=O) groups excluding carboxylic acids is 2. The number of hydrogen-bond acceptors (Lipinski definition) is 5. The van der Waals surface area contributed by atoms with Crippen LogP contribution >= 0.6 is 0 Å². The summed E-state index contributed by atoms with van der Waals surface area (Å²) < 4.78 is 14.6. The number of nitrogens with zero attached hydrogens (tertiary/aromatic N) is 4. The van der Waals surface area contributed by atoms with Crippen LogP contribution in [0.5, 0.6) is 0 Å². The second-order valence-corrected chi connectivity index (χ2v) is 5.26. The Labute approximate surface area is 147 Å². The van der Waals surface area contributed by atoms with Crippen LogP contribution in [0.25, 0.3) is 5.69 Å². The fourth-order valence-corrected chi connectivity index (χ4v) is 2.24. The van der Waals surface area contributed by atoms with Crippen molar-refractivity contribution in [2.75, 3.05) is 5.32 Å². The lowest BCUT2D eigenvalue weighted by atomic mass is 10.0. The molecule has 2 aromatic heterocycles. The van der Waals surface area contributed by atoms with Gasteiger partial charge in [0.25, 0.3) is 5.91 Å². The van der Waals surface area contributed by atoms with Gasteiger partial charge >= 0.3 is 0 Å². The van der Waals surface area contributed by atoms with Gasteiger partial charge in [0.2, 0.25) is 5.78 Å². The van der Waals surface area contributed by atoms with Gasteiger partial charge in [-0.15, -0.1) is 0 Å². The quantitative estimate of drug-likeness (QED) is 0.563. The minimum atomic E-state index is -1.58. The Bertz CT molecular complexity index is 994. The number of nitriles is 1. The molecule has 3 aromatic rings. The van der Waals surface area contributed by atoms with Gasteiger partial charge in [0.15, 0.2) is 5.92 Å². The third-order valence-electron chi connectivity index (χ3n) is 3.48. The van der Waals surface area contributed by atoms with Crippen LogP contribution in [0.3, 0.4) is 0 Å². The molecule has 0 radical (unpaired) electrons. The highest BCUT2D eigenvalue weighted by atomic mass is 19.1. The maximum atomic E-state index is 13.3. The van der Waals surface area contributed by atoms with Crippen LogP contribution in [0.2, 0.25) is 0 Å². The van der Waals surface area contributed by atoms with Gasteiger partial charge in [-0.05, 0) is 36.4 Å². The summed E-state index contributed by atoms with van der Waals surface area (Å²) in [6.07, 6.45) is 2.92. The highest BCUT2D eigenvalue weighted by Crippen LogP contribution is 2.13. The standard InChI is InChI=1S/C18H12FN5O2/c19-12-4-3-5-13(10-12)24-9-7-15(23-24)17(25)14(11-20)18(26)22-16-6-1-2-8-21-16/h1-10,14H,(H,21,22,26). The number of hydrogen-bond donors (Lipinski definition) is 1. The molecule has 1 N–H and O–H groups in total. The molecule has 128 valence electrons. The highest BCUT2D eigenvalue weighted by Gasteiger charge is 2.29. The Kier molecular flexibility index (Phi) is 4.80. The minimum Gasteiger partial charge on any atom is -0.309 e. The third kappa shape index (κ3) is 3.62. The summed E-state index contributed by atoms with van der Waals surface area (Å²) >= 11 is 0. The van der Waals surface area contributed by atoms with E-state index in [-0.39, 0.29) is 11.5 Å². The van der Waals surface area contributed by atoms with Crippen molar-refractivity contribution < 1.29 is 14.0 Å². The number of benzene rings is 1. The Balaban J connectivity index is 1.79. The monoisotopic (exact) mass is 349 g/mol. The SMILES string of the molecule is N#CC(C(=O)Nc1ccccn1)C(=O)c1ccn(-c2cccc(F)c2)n1. The van der Waals surface area contributed by atoms with E-state index in [1.54, 1.807) is 24.3 Å². The van der Waals surface area contributed by atoms with Crippen LogP contribution < -0.4 is 5.32 Å². The second kappa shape index (κ2) is 7.36. The Morgan fingerprint density at radius 3 is 2.73 bits per heavy atom. The number of nitrogens with one attached hydrogen (secondary N) is 1. The highest BCUT2D eigenvalue weighted by molar-refractivity contribution is 6.14. The third-order valence-corrected chi connectivity index (χ3v) is 3.48. The summed E-state index contributed by atoms with van der Waals surface area (Å²) in [6.45, 7) is 0. The molecule has 2 heterocycles. The summed E-state index contributed by atoms with van der Waals surface area (Å²) in [6, 6.07) is 13.6. The lowest BCUT2D eigenvalue weighted by Crippen LogP contribution is -2.29. The fraction of sp³-hybridized carbons (Fsp3) is 0.0556. The summed E-state index contributed by atoms with van der Waals surface area (Å²) in [4.78, 5) is 28.6. The number of pyridine rings is 1. The Morgan fingerprint density at radius 1 is 1.19 bits per heavy atom. The molecular formula is C18H12FN5O2. The largest absolute Gasteiger partial charge is 0.309 e. The molecule has 0 fully saturated rings. The van der Waals surface area contributed by atoms with E-state index in [9.17, 15) is 19.2 Å². The molecule has 1 unspecified atom stereocenters. The number of anilines is 1. The van der Waals surface area contributed by atoms with Gasteiger partial charge in [-0.2, -0.15) is 10.4 Å². The van der Waals surface area contributed by atoms with Gasteiger partial charge in [0.05, 0.1) is 11.8 Å². The number of aromatic nitrogens is 3. The van der Waals surface area contributed by atoms with Crippen molar-refractivity contribution in [2.45, 2.75) is 0 Å². The predicted molar refractivity (Wildman–Crippen MR) is 89.8 cm³/mol. The molecule has 0 aliphatic heterocycles. The number of Topliss-reactive ketones (excluding diaryl/α,β-unsaturated/α-hetero) is 1. The molecule has 0 spiro atoms. The Morgan fingerprint density at radius 2 is 2.04 bits per heavy atom. The molecular weight excluding hydrogens is 337 g/mol. The molecule has 3 rings (SSSR count). The van der Waals surface area contributed by atoms with Crippen LogP contribution in [0, 0.1) is 23.1 Å². The Hall–Kier alpha value is -3.86. The van der Waals surface area contributed by atoms with Gasteiger partial charge in [0.1, 0.15) is 17.3 Å². The fourth-order valence-electron chi connectivity index (χ4n) is 2.24. The van der Waals surface area contributed by atoms with Crippen LogP contribution in [0.4, 0.5) is 10.2 Å². The summed E-state index contributed by atoms with van der Waals surface area (Å²) in [5.41, 5.74) is 0.340. The molecule has 0 bridgehead atoms. The number of amides is 1. The first-order valence-corrected chi connectivity index (χ1v) is 7.56. The number of carbonyl (C=O) groups is 2. The molecule has 0 aliphatic rings. The molecule has 1 aromatic carbocycles. The van der Waals surface area contributed by atoms with Crippen molar-refractivity contribution in [3.63, 3.8) is 0 Å². The van der Waals surface area contributed by atoms with Crippen molar-refractivity contribution in [3.05, 3.63) is 72.4 Å². The first kappa shape index (κ1) is 17.0. The number of rotatable bonds is 5. The first-order valence-electron chi connectivity index (χ1n) is 7.56. The lowest BCUT2D eigenvalue weighted by molar-refractivity contribution is -0.117. The average Bonchev–Trinajstić information content (AvgIpc) is 3.13. The maximum absolute atomic E-state index is 13.3. The van der Waals surface area contributed by atoms with Crippen LogP contribution in [-0.2, 0) is 4.79 Å². The van der Waals surface area contributed by atoms with Crippen molar-refractivity contribution in [1.82, 2.24) is 14.8 Å². The number of ketones is 1. The van der Waals surface area contributed by atoms with Crippen LogP contribution in [-0.4, -0.2) is 26.5 Å². The molecule has 0 saturated heterocycles. The van der Waals surface area contributed by atoms with E-state index in [4.69, 9.17) is 0 Å². The van der Waals surface area contributed by atoms with E-state index < -0.39 is 23.4 Å². The zero-order valence-corrected chi connectivity index (χ0v) is 13.3. The molecule has 1 atom stereocenters. The van der Waals surface area contributed by atoms with Gasteiger partial charge in [-0.1, -0.05) is 12.1 Å². The van der Waals surface area contributed by atoms with Crippen molar-refractivity contribution in [1.29, 1.82) is 5.26 Å². The first-order chi connectivity index (χ1) is 12.6. The van der Waals surface area contributed by atoms with Gasteiger partial charge in [-0.25, -0.2) is 14.1 Å². The van der Waals surface area contributed by atoms with Gasteiger partial charge in [0, 0.05) is 12.4 Å². The van der Waals surface area contributed by atoms with E-state index >= 15 is 0 Å². The summed E-state index contributed by atoms with van der Waals surface area (Å²) in [5.74, 6) is -3.34. The molecule has 7 nitrogen and oxygen atoms in total. The molecule has 26 heavy (non-hydrogen) atoms. The van der Waals surface area contributed by atoms with Crippen molar-refractivity contribution in [2.24, 2.45) is 5.92 Å². The zero-order valence-electron chi connectivity index (χ0n) is 13.3. The minimum absolute atomic E-state index is 0.0722. The predicted octanol–water partition coefficient (Wildman–Crippen LogP) is 2.37. The van der Waals surface area contributed by atoms with E-state index in [2.05, 4.69) is 15.4 Å². The normalized spacial score (nSPS) is 11.4. The molecule has 0 aliphatic carbocycles. The van der Waals surface area contributed by atoms with E-state index in [0.29, 0.717) is 5.69 Å². The van der Waals surface area contributed by atoms with Crippen LogP contribution in [0.15, 0.2) is 60.9 Å². The van der Waals surface area contributed by atoms with E-state index in [1.807, 2.05) is 0 Å². The maximum Gasteiger partial charge on any atom is 0.250 e. The lowest BCUT2D eigenvalue weighted by Gasteiger charge is -2.07. The van der Waals surface area contributed by atoms with Crippen LogP contribution in [0.1, 0.15) is 10.5 Å². The van der Waals surface area contributed by atoms with Crippen molar-refractivity contribution in [3.8, 4) is 11.8 Å². The smallest absolute Gasteiger partial charge is 0.250 e. The zero-order chi connectivity index (χ0) is 18.5. The number of halogens is 1. The average molecular weight is 349 g/mol. The molecule has 8 heteroatoms.